The van der Waals surface area contributed by atoms with E-state index in [1.165, 1.54) is 11.5 Å². The maximum absolute atomic E-state index is 5.39. The van der Waals surface area contributed by atoms with E-state index in [4.69, 9.17) is 4.74 Å². The largest absolute Gasteiger partial charge is 0.496 e. The molecule has 2 aromatic heterocycles. The van der Waals surface area contributed by atoms with Gasteiger partial charge in [-0.1, -0.05) is 10.6 Å². The third-order valence-electron chi connectivity index (χ3n) is 3.40. The molecular formula is C15H16N4OS. The van der Waals surface area contributed by atoms with Gasteiger partial charge in [-0.05, 0) is 43.6 Å². The number of nitrogens with zero attached hydrogens (tertiary/aromatic N) is 3. The molecule has 0 saturated heterocycles. The minimum absolute atomic E-state index is 0.128. The van der Waals surface area contributed by atoms with Crippen molar-refractivity contribution < 1.29 is 4.74 Å². The zero-order valence-electron chi connectivity index (χ0n) is 12.1. The van der Waals surface area contributed by atoms with Crippen molar-refractivity contribution >= 4 is 28.1 Å². The Kier molecular flexibility index (Phi) is 3.70. The number of anilines is 1. The summed E-state index contributed by atoms with van der Waals surface area (Å²) in [6.07, 6.45) is 1.76. The number of benzene rings is 1. The number of aryl methyl sites for hydroxylation is 1. The van der Waals surface area contributed by atoms with Crippen molar-refractivity contribution in [1.29, 1.82) is 0 Å². The SMILES string of the molecule is COc1ccnc2c(NC(C)c3snnc3C)cccc12. The number of ether oxygens (including phenoxy) is 1. The molecule has 1 N–H and O–H groups in total. The van der Waals surface area contributed by atoms with Crippen LogP contribution in [0.3, 0.4) is 0 Å². The Balaban J connectivity index is 2.00. The molecule has 5 nitrogen and oxygen atoms in total. The summed E-state index contributed by atoms with van der Waals surface area (Å²) in [5.41, 5.74) is 2.84. The highest BCUT2D eigenvalue weighted by Gasteiger charge is 2.14. The standard InChI is InChI=1S/C15H16N4OS/c1-9(15-10(2)18-19-21-15)17-12-6-4-5-11-13(20-3)7-8-16-14(11)12/h4-9,17H,1-3H3. The molecule has 0 spiro atoms. The zero-order valence-corrected chi connectivity index (χ0v) is 12.9. The molecule has 3 aromatic rings. The van der Waals surface area contributed by atoms with Crippen molar-refractivity contribution in [3.05, 3.63) is 41.0 Å². The highest BCUT2D eigenvalue weighted by Crippen LogP contribution is 2.31. The van der Waals surface area contributed by atoms with E-state index in [2.05, 4.69) is 26.8 Å². The molecule has 0 aliphatic carbocycles. The number of hydrogen-bond acceptors (Lipinski definition) is 6. The minimum atomic E-state index is 0.128. The molecule has 0 bridgehead atoms. The van der Waals surface area contributed by atoms with E-state index in [0.29, 0.717) is 0 Å². The molecule has 1 atom stereocenters. The fourth-order valence-corrected chi connectivity index (χ4v) is 3.02. The molecule has 0 aliphatic rings. The topological polar surface area (TPSA) is 59.9 Å². The van der Waals surface area contributed by atoms with Crippen LogP contribution in [0, 0.1) is 6.92 Å². The number of rotatable bonds is 4. The Morgan fingerprint density at radius 3 is 2.86 bits per heavy atom. The summed E-state index contributed by atoms with van der Waals surface area (Å²) in [6, 6.07) is 8.03. The molecular weight excluding hydrogens is 284 g/mol. The van der Waals surface area contributed by atoms with Crippen molar-refractivity contribution in [2.45, 2.75) is 19.9 Å². The summed E-state index contributed by atoms with van der Waals surface area (Å²) in [7, 11) is 1.67. The molecule has 0 aliphatic heterocycles. The van der Waals surface area contributed by atoms with Crippen LogP contribution >= 0.6 is 11.5 Å². The highest BCUT2D eigenvalue weighted by atomic mass is 32.1. The van der Waals surface area contributed by atoms with Crippen molar-refractivity contribution in [3.8, 4) is 5.75 Å². The lowest BCUT2D eigenvalue weighted by Crippen LogP contribution is -2.07. The number of aromatic nitrogens is 3. The first kappa shape index (κ1) is 13.8. The van der Waals surface area contributed by atoms with E-state index in [1.54, 1.807) is 13.3 Å². The lowest BCUT2D eigenvalue weighted by molar-refractivity contribution is 0.419. The fourth-order valence-electron chi connectivity index (χ4n) is 2.38. The molecule has 6 heteroatoms. The minimum Gasteiger partial charge on any atom is -0.496 e. The van der Waals surface area contributed by atoms with Crippen LogP contribution in [-0.2, 0) is 0 Å². The Morgan fingerprint density at radius 2 is 2.14 bits per heavy atom. The second-order valence-corrected chi connectivity index (χ2v) is 5.59. The first-order valence-electron chi connectivity index (χ1n) is 6.68. The van der Waals surface area contributed by atoms with Crippen molar-refractivity contribution in [1.82, 2.24) is 14.6 Å². The van der Waals surface area contributed by atoms with Crippen LogP contribution in [-0.4, -0.2) is 21.7 Å². The maximum Gasteiger partial charge on any atom is 0.129 e. The average molecular weight is 300 g/mol. The van der Waals surface area contributed by atoms with Crippen molar-refractivity contribution in [2.75, 3.05) is 12.4 Å². The van der Waals surface area contributed by atoms with Crippen molar-refractivity contribution in [3.63, 3.8) is 0 Å². The Hall–Kier alpha value is -2.21. The monoisotopic (exact) mass is 300 g/mol. The van der Waals surface area contributed by atoms with E-state index < -0.39 is 0 Å². The second kappa shape index (κ2) is 5.65. The fraction of sp³-hybridized carbons (Fsp3) is 0.267. The molecule has 108 valence electrons. The van der Waals surface area contributed by atoms with E-state index >= 15 is 0 Å². The molecule has 0 amide bonds. The summed E-state index contributed by atoms with van der Waals surface area (Å²) >= 11 is 1.42. The molecule has 1 aromatic carbocycles. The number of nitrogens with one attached hydrogen (secondary N) is 1. The molecule has 21 heavy (non-hydrogen) atoms. The zero-order chi connectivity index (χ0) is 14.8. The van der Waals surface area contributed by atoms with Gasteiger partial charge in [-0.3, -0.25) is 4.98 Å². The number of fused-ring (bicyclic) bond motifs is 1. The molecule has 0 fully saturated rings. The van der Waals surface area contributed by atoms with E-state index in [0.717, 1.165) is 32.9 Å². The van der Waals surface area contributed by atoms with Crippen LogP contribution in [0.5, 0.6) is 5.75 Å². The van der Waals surface area contributed by atoms with Crippen LogP contribution in [0.2, 0.25) is 0 Å². The summed E-state index contributed by atoms with van der Waals surface area (Å²) in [5, 5.41) is 8.55. The highest BCUT2D eigenvalue weighted by molar-refractivity contribution is 7.05. The van der Waals surface area contributed by atoms with Crippen molar-refractivity contribution in [2.24, 2.45) is 0 Å². The van der Waals surface area contributed by atoms with Crippen LogP contribution < -0.4 is 10.1 Å². The number of para-hydroxylation sites is 1. The van der Waals surface area contributed by atoms with E-state index in [9.17, 15) is 0 Å². The van der Waals surface area contributed by atoms with E-state index in [1.807, 2.05) is 31.2 Å². The summed E-state index contributed by atoms with van der Waals surface area (Å²) in [5.74, 6) is 0.826. The Morgan fingerprint density at radius 1 is 1.29 bits per heavy atom. The smallest absolute Gasteiger partial charge is 0.129 e. The lowest BCUT2D eigenvalue weighted by Gasteiger charge is -2.16. The normalized spacial score (nSPS) is 12.3. The van der Waals surface area contributed by atoms with E-state index in [-0.39, 0.29) is 6.04 Å². The summed E-state index contributed by atoms with van der Waals surface area (Å²) in [6.45, 7) is 4.07. The van der Waals surface area contributed by atoms with Gasteiger partial charge in [0, 0.05) is 11.6 Å². The van der Waals surface area contributed by atoms with Gasteiger partial charge in [0.05, 0.1) is 34.9 Å². The Labute approximate surface area is 127 Å². The second-order valence-electron chi connectivity index (χ2n) is 4.80. The quantitative estimate of drug-likeness (QED) is 0.798. The van der Waals surface area contributed by atoms with Gasteiger partial charge in [-0.2, -0.15) is 0 Å². The summed E-state index contributed by atoms with van der Waals surface area (Å²) < 4.78 is 9.38. The van der Waals surface area contributed by atoms with Gasteiger partial charge in [0.25, 0.3) is 0 Å². The predicted octanol–water partition coefficient (Wildman–Crippen LogP) is 3.58. The third kappa shape index (κ3) is 2.54. The third-order valence-corrected chi connectivity index (χ3v) is 4.41. The van der Waals surface area contributed by atoms with Gasteiger partial charge >= 0.3 is 0 Å². The van der Waals surface area contributed by atoms with Crippen LogP contribution in [0.1, 0.15) is 23.5 Å². The van der Waals surface area contributed by atoms with Gasteiger partial charge in [0.15, 0.2) is 0 Å². The van der Waals surface area contributed by atoms with Gasteiger partial charge in [-0.15, -0.1) is 5.10 Å². The lowest BCUT2D eigenvalue weighted by atomic mass is 10.1. The average Bonchev–Trinajstić information content (AvgIpc) is 2.93. The molecule has 0 saturated carbocycles. The first-order chi connectivity index (χ1) is 10.2. The maximum atomic E-state index is 5.39. The first-order valence-corrected chi connectivity index (χ1v) is 7.45. The molecule has 1 unspecified atom stereocenters. The molecule has 0 radical (unpaired) electrons. The molecule has 2 heterocycles. The van der Waals surface area contributed by atoms with Crippen LogP contribution in [0.25, 0.3) is 10.9 Å². The van der Waals surface area contributed by atoms with Gasteiger partial charge in [-0.25, -0.2) is 0 Å². The van der Waals surface area contributed by atoms with Crippen LogP contribution in [0.15, 0.2) is 30.5 Å². The number of pyridine rings is 1. The predicted molar refractivity (Wildman–Crippen MR) is 85.0 cm³/mol. The number of hydrogen-bond donors (Lipinski definition) is 1. The number of methoxy groups -OCH3 is 1. The molecule has 3 rings (SSSR count). The van der Waals surface area contributed by atoms with Gasteiger partial charge < -0.3 is 10.1 Å². The van der Waals surface area contributed by atoms with Gasteiger partial charge in [0.1, 0.15) is 5.75 Å². The Bertz CT molecular complexity index is 771. The van der Waals surface area contributed by atoms with Crippen LogP contribution in [0.4, 0.5) is 5.69 Å². The van der Waals surface area contributed by atoms with Gasteiger partial charge in [0.2, 0.25) is 0 Å². The summed E-state index contributed by atoms with van der Waals surface area (Å²) in [4.78, 5) is 5.61.